The van der Waals surface area contributed by atoms with E-state index in [4.69, 9.17) is 5.73 Å². The second-order valence-corrected chi connectivity index (χ2v) is 8.56. The van der Waals surface area contributed by atoms with Crippen LogP contribution in [-0.4, -0.2) is 50.6 Å². The van der Waals surface area contributed by atoms with Crippen LogP contribution in [0.1, 0.15) is 33.6 Å². The van der Waals surface area contributed by atoms with Crippen LogP contribution in [0.4, 0.5) is 0 Å². The molecule has 1 fully saturated rings. The molecule has 1 aliphatic rings. The van der Waals surface area contributed by atoms with Crippen LogP contribution in [0.15, 0.2) is 0 Å². The van der Waals surface area contributed by atoms with Crippen molar-refractivity contribution in [3.63, 3.8) is 0 Å². The summed E-state index contributed by atoms with van der Waals surface area (Å²) in [5, 5.41) is 2.74. The Morgan fingerprint density at radius 3 is 2.60 bits per heavy atom. The summed E-state index contributed by atoms with van der Waals surface area (Å²) < 4.78 is 26.2. The van der Waals surface area contributed by atoms with Crippen molar-refractivity contribution in [2.45, 2.75) is 33.6 Å². The van der Waals surface area contributed by atoms with Crippen LogP contribution >= 0.6 is 0 Å². The van der Waals surface area contributed by atoms with Gasteiger partial charge in [-0.25, -0.2) is 12.7 Å². The van der Waals surface area contributed by atoms with Crippen molar-refractivity contribution in [2.24, 2.45) is 17.1 Å². The quantitative estimate of drug-likeness (QED) is 0.756. The summed E-state index contributed by atoms with van der Waals surface area (Å²) in [6.45, 7) is 7.34. The minimum absolute atomic E-state index is 0.0916. The number of hydrogen-bond donors (Lipinski definition) is 2. The SMILES string of the molecule is CC(C)(C)CS(=O)(=O)N1CCCC(C(=O)NCCN)C1. The molecular formula is C13H27N3O3S. The van der Waals surface area contributed by atoms with Gasteiger partial charge in [0.25, 0.3) is 0 Å². The van der Waals surface area contributed by atoms with Gasteiger partial charge in [0.05, 0.1) is 11.7 Å². The maximum absolute atomic E-state index is 12.4. The van der Waals surface area contributed by atoms with E-state index < -0.39 is 10.0 Å². The van der Waals surface area contributed by atoms with Crippen LogP contribution in [0.2, 0.25) is 0 Å². The van der Waals surface area contributed by atoms with E-state index in [1.807, 2.05) is 20.8 Å². The summed E-state index contributed by atoms with van der Waals surface area (Å²) in [5.74, 6) is -0.243. The highest BCUT2D eigenvalue weighted by molar-refractivity contribution is 7.89. The number of sulfonamides is 1. The Labute approximate surface area is 122 Å². The van der Waals surface area contributed by atoms with Gasteiger partial charge in [-0.05, 0) is 18.3 Å². The second kappa shape index (κ2) is 6.87. The molecule has 0 spiro atoms. The maximum atomic E-state index is 12.4. The zero-order valence-electron chi connectivity index (χ0n) is 12.7. The standard InChI is InChI=1S/C13H27N3O3S/c1-13(2,3)10-20(18,19)16-8-4-5-11(9-16)12(17)15-7-6-14/h11H,4-10,14H2,1-3H3,(H,15,17). The molecule has 0 saturated carbocycles. The molecule has 118 valence electrons. The third-order valence-corrected chi connectivity index (χ3v) is 5.56. The van der Waals surface area contributed by atoms with Gasteiger partial charge in [0.15, 0.2) is 0 Å². The molecule has 3 N–H and O–H groups in total. The Kier molecular flexibility index (Phi) is 5.97. The van der Waals surface area contributed by atoms with Gasteiger partial charge in [0.2, 0.25) is 15.9 Å². The van der Waals surface area contributed by atoms with Crippen molar-refractivity contribution in [2.75, 3.05) is 31.9 Å². The molecular weight excluding hydrogens is 278 g/mol. The van der Waals surface area contributed by atoms with Crippen LogP contribution in [-0.2, 0) is 14.8 Å². The first kappa shape index (κ1) is 17.4. The highest BCUT2D eigenvalue weighted by Crippen LogP contribution is 2.24. The van der Waals surface area contributed by atoms with Gasteiger partial charge in [-0.1, -0.05) is 20.8 Å². The van der Waals surface area contributed by atoms with Crippen LogP contribution in [0, 0.1) is 11.3 Å². The summed E-state index contributed by atoms with van der Waals surface area (Å²) in [6, 6.07) is 0. The van der Waals surface area contributed by atoms with Crippen LogP contribution in [0.3, 0.4) is 0 Å². The van der Waals surface area contributed by atoms with E-state index in [-0.39, 0.29) is 29.5 Å². The first-order chi connectivity index (χ1) is 9.15. The zero-order valence-corrected chi connectivity index (χ0v) is 13.5. The summed E-state index contributed by atoms with van der Waals surface area (Å²) in [7, 11) is -3.30. The highest BCUT2D eigenvalue weighted by atomic mass is 32.2. The van der Waals surface area contributed by atoms with Crippen molar-refractivity contribution in [1.29, 1.82) is 0 Å². The highest BCUT2D eigenvalue weighted by Gasteiger charge is 2.34. The number of rotatable bonds is 5. The molecule has 0 bridgehead atoms. The number of carbonyl (C=O) groups excluding carboxylic acids is 1. The second-order valence-electron chi connectivity index (χ2n) is 6.59. The van der Waals surface area contributed by atoms with Gasteiger partial charge in [0, 0.05) is 26.2 Å². The van der Waals surface area contributed by atoms with E-state index in [0.717, 1.165) is 12.8 Å². The molecule has 7 heteroatoms. The van der Waals surface area contributed by atoms with Crippen molar-refractivity contribution in [3.8, 4) is 0 Å². The van der Waals surface area contributed by atoms with E-state index in [1.54, 1.807) is 0 Å². The fourth-order valence-corrected chi connectivity index (χ4v) is 4.48. The van der Waals surface area contributed by atoms with Gasteiger partial charge in [0.1, 0.15) is 0 Å². The molecule has 0 aliphatic carbocycles. The molecule has 1 amide bonds. The Balaban J connectivity index is 2.67. The lowest BCUT2D eigenvalue weighted by Crippen LogP contribution is -2.47. The van der Waals surface area contributed by atoms with Gasteiger partial charge in [-0.15, -0.1) is 0 Å². The fourth-order valence-electron chi connectivity index (χ4n) is 2.39. The molecule has 6 nitrogen and oxygen atoms in total. The third-order valence-electron chi connectivity index (χ3n) is 3.21. The normalized spacial score (nSPS) is 21.7. The van der Waals surface area contributed by atoms with Crippen molar-refractivity contribution in [1.82, 2.24) is 9.62 Å². The zero-order chi connectivity index (χ0) is 15.4. The maximum Gasteiger partial charge on any atom is 0.224 e. The lowest BCUT2D eigenvalue weighted by atomic mass is 9.99. The van der Waals surface area contributed by atoms with Gasteiger partial charge in [-0.3, -0.25) is 4.79 Å². The Hall–Kier alpha value is -0.660. The molecule has 0 aromatic carbocycles. The summed E-state index contributed by atoms with van der Waals surface area (Å²) in [4.78, 5) is 11.9. The average Bonchev–Trinajstić information content (AvgIpc) is 2.33. The minimum atomic E-state index is -3.30. The topological polar surface area (TPSA) is 92.5 Å². The number of carbonyl (C=O) groups is 1. The molecule has 1 unspecified atom stereocenters. The smallest absolute Gasteiger partial charge is 0.224 e. The average molecular weight is 305 g/mol. The van der Waals surface area contributed by atoms with Crippen LogP contribution < -0.4 is 11.1 Å². The van der Waals surface area contributed by atoms with Gasteiger partial charge in [-0.2, -0.15) is 0 Å². The van der Waals surface area contributed by atoms with Gasteiger partial charge >= 0.3 is 0 Å². The van der Waals surface area contributed by atoms with E-state index in [0.29, 0.717) is 19.6 Å². The summed E-state index contributed by atoms with van der Waals surface area (Å²) in [6.07, 6.45) is 1.46. The van der Waals surface area contributed by atoms with Gasteiger partial charge < -0.3 is 11.1 Å². The number of hydrogen-bond acceptors (Lipinski definition) is 4. The first-order valence-electron chi connectivity index (χ1n) is 7.11. The summed E-state index contributed by atoms with van der Waals surface area (Å²) >= 11 is 0. The molecule has 1 aliphatic heterocycles. The van der Waals surface area contributed by atoms with Crippen molar-refractivity contribution in [3.05, 3.63) is 0 Å². The number of amides is 1. The first-order valence-corrected chi connectivity index (χ1v) is 8.72. The molecule has 20 heavy (non-hydrogen) atoms. The molecule has 1 rings (SSSR count). The van der Waals surface area contributed by atoms with E-state index >= 15 is 0 Å². The van der Waals surface area contributed by atoms with Crippen molar-refractivity contribution < 1.29 is 13.2 Å². The molecule has 0 radical (unpaired) electrons. The van der Waals surface area contributed by atoms with E-state index in [2.05, 4.69) is 5.32 Å². The lowest BCUT2D eigenvalue weighted by molar-refractivity contribution is -0.126. The largest absolute Gasteiger partial charge is 0.355 e. The molecule has 1 saturated heterocycles. The predicted octanol–water partition coefficient (Wildman–Crippen LogP) is 0.149. The summed E-state index contributed by atoms with van der Waals surface area (Å²) in [5.41, 5.74) is 5.07. The predicted molar refractivity (Wildman–Crippen MR) is 79.6 cm³/mol. The lowest BCUT2D eigenvalue weighted by Gasteiger charge is -2.33. The fraction of sp³-hybridized carbons (Fsp3) is 0.923. The Bertz CT molecular complexity index is 429. The number of nitrogens with two attached hydrogens (primary N) is 1. The Morgan fingerprint density at radius 2 is 2.05 bits per heavy atom. The number of piperidine rings is 1. The van der Waals surface area contributed by atoms with Crippen LogP contribution in [0.5, 0.6) is 0 Å². The molecule has 0 aromatic rings. The number of nitrogens with one attached hydrogen (secondary N) is 1. The molecule has 1 atom stereocenters. The number of nitrogens with zero attached hydrogens (tertiary/aromatic N) is 1. The van der Waals surface area contributed by atoms with E-state index in [9.17, 15) is 13.2 Å². The third kappa shape index (κ3) is 5.38. The molecule has 1 heterocycles. The van der Waals surface area contributed by atoms with E-state index in [1.165, 1.54) is 4.31 Å². The van der Waals surface area contributed by atoms with Crippen LogP contribution in [0.25, 0.3) is 0 Å². The molecule has 0 aromatic heterocycles. The minimum Gasteiger partial charge on any atom is -0.355 e. The monoisotopic (exact) mass is 305 g/mol. The Morgan fingerprint density at radius 1 is 1.40 bits per heavy atom. The van der Waals surface area contributed by atoms with Crippen molar-refractivity contribution >= 4 is 15.9 Å².